The molecule has 1 aliphatic rings. The van der Waals surface area contributed by atoms with Gasteiger partial charge in [-0.15, -0.1) is 5.10 Å². The molecule has 0 bridgehead atoms. The van der Waals surface area contributed by atoms with Crippen molar-refractivity contribution in [1.29, 1.82) is 0 Å². The van der Waals surface area contributed by atoms with Crippen molar-refractivity contribution in [2.45, 2.75) is 13.2 Å². The Hall–Kier alpha value is -2.45. The molecular formula is C15H17N3O5. The fourth-order valence-corrected chi connectivity index (χ4v) is 2.17. The highest BCUT2D eigenvalue weighted by molar-refractivity contribution is 5.93. The minimum atomic E-state index is -0.518. The molecule has 8 heteroatoms. The number of H-pyrrole nitrogens is 1. The number of esters is 1. The van der Waals surface area contributed by atoms with E-state index in [2.05, 4.69) is 15.4 Å². The maximum Gasteiger partial charge on any atom is 0.361 e. The Morgan fingerprint density at radius 1 is 1.35 bits per heavy atom. The Bertz CT molecular complexity index is 667. The first-order valence-corrected chi connectivity index (χ1v) is 7.32. The molecule has 0 unspecified atom stereocenters. The maximum absolute atomic E-state index is 11.9. The number of hydrogen-bond acceptors (Lipinski definition) is 7. The molecule has 3 rings (SSSR count). The number of aromatic nitrogens is 3. The number of nitrogens with zero attached hydrogens (tertiary/aromatic N) is 2. The molecule has 8 nitrogen and oxygen atoms in total. The summed E-state index contributed by atoms with van der Waals surface area (Å²) < 4.78 is 21.3. The van der Waals surface area contributed by atoms with Gasteiger partial charge >= 0.3 is 5.97 Å². The Labute approximate surface area is 132 Å². The van der Waals surface area contributed by atoms with Crippen molar-refractivity contribution in [2.24, 2.45) is 0 Å². The average molecular weight is 319 g/mol. The third-order valence-electron chi connectivity index (χ3n) is 3.20. The van der Waals surface area contributed by atoms with Crippen LogP contribution in [0.15, 0.2) is 24.3 Å². The summed E-state index contributed by atoms with van der Waals surface area (Å²) in [5.41, 5.74) is 1.27. The molecule has 1 aromatic heterocycles. The second kappa shape index (κ2) is 7.21. The smallest absolute Gasteiger partial charge is 0.361 e. The molecule has 0 spiro atoms. The summed E-state index contributed by atoms with van der Waals surface area (Å²) in [5, 5.41) is 10.3. The van der Waals surface area contributed by atoms with Crippen LogP contribution < -0.4 is 4.74 Å². The fraction of sp³-hybridized carbons (Fsp3) is 0.400. The SMILES string of the molecule is CCOC(=O)c1n[nH]nc1-c1cccc(OCC2OCCO2)c1. The first kappa shape index (κ1) is 15.4. The van der Waals surface area contributed by atoms with E-state index < -0.39 is 5.97 Å². The first-order valence-electron chi connectivity index (χ1n) is 7.32. The van der Waals surface area contributed by atoms with Crippen LogP contribution in [0.4, 0.5) is 0 Å². The topological polar surface area (TPSA) is 95.6 Å². The highest BCUT2D eigenvalue weighted by atomic mass is 16.7. The average Bonchev–Trinajstić information content (AvgIpc) is 3.25. The molecule has 1 fully saturated rings. The Balaban J connectivity index is 1.74. The summed E-state index contributed by atoms with van der Waals surface area (Å²) in [6.45, 7) is 3.47. The number of ether oxygens (including phenoxy) is 4. The lowest BCUT2D eigenvalue weighted by atomic mass is 10.1. The van der Waals surface area contributed by atoms with E-state index in [4.69, 9.17) is 18.9 Å². The minimum absolute atomic E-state index is 0.145. The summed E-state index contributed by atoms with van der Waals surface area (Å²) in [6, 6.07) is 7.21. The van der Waals surface area contributed by atoms with Gasteiger partial charge in [-0.1, -0.05) is 12.1 Å². The molecule has 1 aliphatic heterocycles. The predicted molar refractivity (Wildman–Crippen MR) is 79.0 cm³/mol. The zero-order valence-electron chi connectivity index (χ0n) is 12.7. The molecule has 0 amide bonds. The van der Waals surface area contributed by atoms with Crippen LogP contribution in [0.5, 0.6) is 5.75 Å². The normalized spacial score (nSPS) is 14.8. The highest BCUT2D eigenvalue weighted by Gasteiger charge is 2.20. The summed E-state index contributed by atoms with van der Waals surface area (Å²) in [6.07, 6.45) is -0.346. The lowest BCUT2D eigenvalue weighted by Gasteiger charge is -2.11. The van der Waals surface area contributed by atoms with Gasteiger partial charge in [0.05, 0.1) is 19.8 Å². The van der Waals surface area contributed by atoms with Crippen molar-refractivity contribution in [3.05, 3.63) is 30.0 Å². The quantitative estimate of drug-likeness (QED) is 0.804. The van der Waals surface area contributed by atoms with Gasteiger partial charge in [-0.2, -0.15) is 10.3 Å². The van der Waals surface area contributed by atoms with Gasteiger partial charge < -0.3 is 18.9 Å². The number of aromatic amines is 1. The van der Waals surface area contributed by atoms with Gasteiger partial charge in [0.1, 0.15) is 18.1 Å². The number of hydrogen-bond donors (Lipinski definition) is 1. The van der Waals surface area contributed by atoms with E-state index in [0.29, 0.717) is 36.8 Å². The van der Waals surface area contributed by atoms with E-state index in [-0.39, 0.29) is 18.6 Å². The molecule has 0 aliphatic carbocycles. The van der Waals surface area contributed by atoms with E-state index in [9.17, 15) is 4.79 Å². The fourth-order valence-electron chi connectivity index (χ4n) is 2.17. The standard InChI is InChI=1S/C15H17N3O5/c1-2-20-15(19)14-13(16-18-17-14)10-4-3-5-11(8-10)23-9-12-21-6-7-22-12/h3-5,8,12H,2,6-7,9H2,1H3,(H,16,17,18). The van der Waals surface area contributed by atoms with Crippen molar-refractivity contribution in [2.75, 3.05) is 26.4 Å². The number of nitrogens with one attached hydrogen (secondary N) is 1. The summed E-state index contributed by atoms with van der Waals surface area (Å²) >= 11 is 0. The Kier molecular flexibility index (Phi) is 4.84. The number of carbonyl (C=O) groups excluding carboxylic acids is 1. The lowest BCUT2D eigenvalue weighted by Crippen LogP contribution is -2.18. The predicted octanol–water partition coefficient (Wildman–Crippen LogP) is 1.40. The van der Waals surface area contributed by atoms with Crippen LogP contribution in [0.3, 0.4) is 0 Å². The second-order valence-corrected chi connectivity index (χ2v) is 4.75. The van der Waals surface area contributed by atoms with Gasteiger partial charge in [-0.3, -0.25) is 0 Å². The molecule has 2 heterocycles. The summed E-state index contributed by atoms with van der Waals surface area (Å²) in [4.78, 5) is 11.9. The van der Waals surface area contributed by atoms with E-state index in [1.54, 1.807) is 13.0 Å². The van der Waals surface area contributed by atoms with Crippen LogP contribution in [-0.4, -0.2) is 54.1 Å². The van der Waals surface area contributed by atoms with Gasteiger partial charge in [0, 0.05) is 5.56 Å². The van der Waals surface area contributed by atoms with E-state index in [1.807, 2.05) is 18.2 Å². The minimum Gasteiger partial charge on any atom is -0.488 e. The van der Waals surface area contributed by atoms with Crippen LogP contribution in [0.1, 0.15) is 17.4 Å². The third kappa shape index (κ3) is 3.66. The van der Waals surface area contributed by atoms with Crippen molar-refractivity contribution in [3.63, 3.8) is 0 Å². The molecular weight excluding hydrogens is 302 g/mol. The van der Waals surface area contributed by atoms with Gasteiger partial charge in [0.25, 0.3) is 0 Å². The van der Waals surface area contributed by atoms with Crippen LogP contribution in [0.25, 0.3) is 11.3 Å². The van der Waals surface area contributed by atoms with Gasteiger partial charge in [-0.25, -0.2) is 4.79 Å². The zero-order valence-corrected chi connectivity index (χ0v) is 12.7. The maximum atomic E-state index is 11.9. The van der Waals surface area contributed by atoms with Gasteiger partial charge in [-0.05, 0) is 19.1 Å². The van der Waals surface area contributed by atoms with E-state index in [0.717, 1.165) is 0 Å². The van der Waals surface area contributed by atoms with Crippen molar-refractivity contribution >= 4 is 5.97 Å². The largest absolute Gasteiger partial charge is 0.488 e. The lowest BCUT2D eigenvalue weighted by molar-refractivity contribution is -0.0684. The third-order valence-corrected chi connectivity index (χ3v) is 3.20. The molecule has 0 radical (unpaired) electrons. The van der Waals surface area contributed by atoms with Crippen LogP contribution in [0.2, 0.25) is 0 Å². The number of carbonyl (C=O) groups is 1. The van der Waals surface area contributed by atoms with Crippen LogP contribution in [-0.2, 0) is 14.2 Å². The molecule has 0 saturated carbocycles. The van der Waals surface area contributed by atoms with Crippen LogP contribution >= 0.6 is 0 Å². The van der Waals surface area contributed by atoms with Crippen LogP contribution in [0, 0.1) is 0 Å². The zero-order chi connectivity index (χ0) is 16.1. The second-order valence-electron chi connectivity index (χ2n) is 4.75. The number of benzene rings is 1. The summed E-state index contributed by atoms with van der Waals surface area (Å²) in [5.74, 6) is 0.106. The van der Waals surface area contributed by atoms with Crippen molar-refractivity contribution in [1.82, 2.24) is 15.4 Å². The molecule has 1 saturated heterocycles. The highest BCUT2D eigenvalue weighted by Crippen LogP contribution is 2.25. The van der Waals surface area contributed by atoms with E-state index >= 15 is 0 Å². The molecule has 1 aromatic carbocycles. The van der Waals surface area contributed by atoms with Crippen molar-refractivity contribution < 1.29 is 23.7 Å². The summed E-state index contributed by atoms with van der Waals surface area (Å²) in [7, 11) is 0. The Morgan fingerprint density at radius 2 is 2.17 bits per heavy atom. The Morgan fingerprint density at radius 3 is 2.96 bits per heavy atom. The molecule has 0 atom stereocenters. The number of rotatable bonds is 6. The van der Waals surface area contributed by atoms with Gasteiger partial charge in [0.15, 0.2) is 12.0 Å². The first-order chi connectivity index (χ1) is 11.3. The molecule has 23 heavy (non-hydrogen) atoms. The van der Waals surface area contributed by atoms with Gasteiger partial charge in [0.2, 0.25) is 0 Å². The van der Waals surface area contributed by atoms with E-state index in [1.165, 1.54) is 0 Å². The monoisotopic (exact) mass is 319 g/mol. The molecule has 1 N–H and O–H groups in total. The van der Waals surface area contributed by atoms with Crippen molar-refractivity contribution in [3.8, 4) is 17.0 Å². The molecule has 2 aromatic rings. The molecule has 122 valence electrons.